The highest BCUT2D eigenvalue weighted by atomic mass is 16.5. The fourth-order valence-electron chi connectivity index (χ4n) is 2.68. The summed E-state index contributed by atoms with van der Waals surface area (Å²) in [6.07, 6.45) is 2.57. The zero-order valence-electron chi connectivity index (χ0n) is 16.2. The molecule has 0 aliphatic heterocycles. The Morgan fingerprint density at radius 1 is 1.11 bits per heavy atom. The Balaban J connectivity index is 1.41. The standard InChI is InChI=1S/C21H25N3O4/c1-3-26-17-5-7-18(8-6-17)27-15-19-9-10-20(28-19)21(25)22-12-4-14-24-16(2)11-13-23-24/h5-11,13H,3-4,12,14-15H2,1-2H3,(H,22,25). The van der Waals surface area contributed by atoms with Crippen molar-refractivity contribution in [3.8, 4) is 11.5 Å². The van der Waals surface area contributed by atoms with E-state index in [2.05, 4.69) is 10.4 Å². The molecule has 0 bridgehead atoms. The lowest BCUT2D eigenvalue weighted by atomic mass is 10.3. The molecular formula is C21H25N3O4. The predicted molar refractivity (Wildman–Crippen MR) is 105 cm³/mol. The van der Waals surface area contributed by atoms with Crippen LogP contribution in [0.4, 0.5) is 0 Å². The summed E-state index contributed by atoms with van der Waals surface area (Å²) in [6, 6.07) is 12.7. The predicted octanol–water partition coefficient (Wildman–Crippen LogP) is 3.58. The fourth-order valence-corrected chi connectivity index (χ4v) is 2.68. The number of nitrogens with one attached hydrogen (secondary N) is 1. The molecule has 0 aliphatic carbocycles. The van der Waals surface area contributed by atoms with Crippen molar-refractivity contribution in [3.63, 3.8) is 0 Å². The van der Waals surface area contributed by atoms with Gasteiger partial charge in [0.05, 0.1) is 6.61 Å². The molecule has 2 aromatic heterocycles. The van der Waals surface area contributed by atoms with Crippen LogP contribution >= 0.6 is 0 Å². The number of carbonyl (C=O) groups excluding carboxylic acids is 1. The first-order valence-corrected chi connectivity index (χ1v) is 9.36. The summed E-state index contributed by atoms with van der Waals surface area (Å²) < 4.78 is 18.6. The molecule has 0 saturated carbocycles. The molecule has 28 heavy (non-hydrogen) atoms. The van der Waals surface area contributed by atoms with Crippen LogP contribution in [0, 0.1) is 6.92 Å². The van der Waals surface area contributed by atoms with Crippen molar-refractivity contribution in [2.45, 2.75) is 33.4 Å². The minimum Gasteiger partial charge on any atom is -0.494 e. The van der Waals surface area contributed by atoms with Crippen LogP contribution in [-0.2, 0) is 13.2 Å². The first kappa shape index (κ1) is 19.5. The molecule has 3 aromatic rings. The van der Waals surface area contributed by atoms with E-state index in [9.17, 15) is 4.79 Å². The summed E-state index contributed by atoms with van der Waals surface area (Å²) in [6.45, 7) is 6.14. The Bertz CT molecular complexity index is 883. The number of rotatable bonds is 10. The van der Waals surface area contributed by atoms with E-state index in [0.717, 1.165) is 24.4 Å². The maximum Gasteiger partial charge on any atom is 0.286 e. The largest absolute Gasteiger partial charge is 0.494 e. The molecule has 2 heterocycles. The van der Waals surface area contributed by atoms with E-state index in [1.165, 1.54) is 0 Å². The second-order valence-corrected chi connectivity index (χ2v) is 6.26. The van der Waals surface area contributed by atoms with E-state index in [0.29, 0.717) is 24.7 Å². The fraction of sp³-hybridized carbons (Fsp3) is 0.333. The zero-order chi connectivity index (χ0) is 19.8. The lowest BCUT2D eigenvalue weighted by molar-refractivity contribution is 0.0920. The average Bonchev–Trinajstić information content (AvgIpc) is 3.34. The number of aryl methyl sites for hydroxylation is 2. The molecule has 1 aromatic carbocycles. The molecule has 0 saturated heterocycles. The number of nitrogens with zero attached hydrogens (tertiary/aromatic N) is 2. The van der Waals surface area contributed by atoms with E-state index in [4.69, 9.17) is 13.9 Å². The minimum absolute atomic E-state index is 0.232. The Labute approximate surface area is 164 Å². The van der Waals surface area contributed by atoms with Gasteiger partial charge in [-0.05, 0) is 62.7 Å². The van der Waals surface area contributed by atoms with Crippen LogP contribution in [0.25, 0.3) is 0 Å². The quantitative estimate of drug-likeness (QED) is 0.542. The third-order valence-corrected chi connectivity index (χ3v) is 4.16. The molecule has 3 rings (SSSR count). The number of benzene rings is 1. The van der Waals surface area contributed by atoms with Crippen molar-refractivity contribution < 1.29 is 18.7 Å². The van der Waals surface area contributed by atoms with Crippen molar-refractivity contribution >= 4 is 5.91 Å². The molecular weight excluding hydrogens is 358 g/mol. The number of aromatic nitrogens is 2. The van der Waals surface area contributed by atoms with Crippen LogP contribution in [0.3, 0.4) is 0 Å². The number of carbonyl (C=O) groups is 1. The van der Waals surface area contributed by atoms with E-state index in [1.54, 1.807) is 18.3 Å². The van der Waals surface area contributed by atoms with Gasteiger partial charge >= 0.3 is 0 Å². The molecule has 0 fully saturated rings. The third kappa shape index (κ3) is 5.39. The van der Waals surface area contributed by atoms with Gasteiger partial charge in [0, 0.05) is 25.0 Å². The Morgan fingerprint density at radius 2 is 1.86 bits per heavy atom. The summed E-state index contributed by atoms with van der Waals surface area (Å²) >= 11 is 0. The van der Waals surface area contributed by atoms with Crippen LogP contribution in [0.5, 0.6) is 11.5 Å². The highest BCUT2D eigenvalue weighted by Crippen LogP contribution is 2.19. The summed E-state index contributed by atoms with van der Waals surface area (Å²) in [5, 5.41) is 7.08. The first-order chi connectivity index (χ1) is 13.7. The van der Waals surface area contributed by atoms with E-state index < -0.39 is 0 Å². The summed E-state index contributed by atoms with van der Waals surface area (Å²) in [5.41, 5.74) is 1.11. The second kappa shape index (κ2) is 9.64. The molecule has 0 spiro atoms. The van der Waals surface area contributed by atoms with Gasteiger partial charge < -0.3 is 19.2 Å². The molecule has 1 N–H and O–H groups in total. The van der Waals surface area contributed by atoms with Crippen LogP contribution in [0.15, 0.2) is 53.1 Å². The Hall–Kier alpha value is -3.22. The Kier molecular flexibility index (Phi) is 6.73. The smallest absolute Gasteiger partial charge is 0.286 e. The summed E-state index contributed by atoms with van der Waals surface area (Å²) in [7, 11) is 0. The monoisotopic (exact) mass is 383 g/mol. The van der Waals surface area contributed by atoms with Gasteiger partial charge in [-0.2, -0.15) is 5.10 Å². The molecule has 7 nitrogen and oxygen atoms in total. The van der Waals surface area contributed by atoms with Crippen LogP contribution in [-0.4, -0.2) is 28.8 Å². The molecule has 0 atom stereocenters. The number of hydrogen-bond acceptors (Lipinski definition) is 5. The molecule has 0 radical (unpaired) electrons. The van der Waals surface area contributed by atoms with E-state index >= 15 is 0 Å². The van der Waals surface area contributed by atoms with Crippen molar-refractivity contribution in [1.29, 1.82) is 0 Å². The van der Waals surface area contributed by atoms with Crippen molar-refractivity contribution in [3.05, 3.63) is 65.9 Å². The number of ether oxygens (including phenoxy) is 2. The maximum absolute atomic E-state index is 12.2. The van der Waals surface area contributed by atoms with Gasteiger partial charge in [0.15, 0.2) is 5.76 Å². The average molecular weight is 383 g/mol. The van der Waals surface area contributed by atoms with Gasteiger partial charge in [-0.3, -0.25) is 9.48 Å². The third-order valence-electron chi connectivity index (χ3n) is 4.16. The maximum atomic E-state index is 12.2. The van der Waals surface area contributed by atoms with Gasteiger partial charge in [0.25, 0.3) is 5.91 Å². The summed E-state index contributed by atoms with van der Waals surface area (Å²) in [4.78, 5) is 12.2. The lowest BCUT2D eigenvalue weighted by Crippen LogP contribution is -2.25. The van der Waals surface area contributed by atoms with Crippen molar-refractivity contribution in [2.75, 3.05) is 13.2 Å². The highest BCUT2D eigenvalue weighted by Gasteiger charge is 2.11. The van der Waals surface area contributed by atoms with Gasteiger partial charge in [-0.1, -0.05) is 0 Å². The summed E-state index contributed by atoms with van der Waals surface area (Å²) in [5.74, 6) is 2.14. The van der Waals surface area contributed by atoms with Crippen LogP contribution in [0.1, 0.15) is 35.4 Å². The van der Waals surface area contributed by atoms with Crippen LogP contribution in [0.2, 0.25) is 0 Å². The topological polar surface area (TPSA) is 78.5 Å². The molecule has 1 amide bonds. The SMILES string of the molecule is CCOc1ccc(OCc2ccc(C(=O)NCCCn3nccc3C)o2)cc1. The second-order valence-electron chi connectivity index (χ2n) is 6.26. The number of hydrogen-bond donors (Lipinski definition) is 1. The van der Waals surface area contributed by atoms with Crippen molar-refractivity contribution in [1.82, 2.24) is 15.1 Å². The van der Waals surface area contributed by atoms with Gasteiger partial charge in [-0.15, -0.1) is 0 Å². The van der Waals surface area contributed by atoms with E-state index in [1.807, 2.05) is 48.9 Å². The van der Waals surface area contributed by atoms with Crippen molar-refractivity contribution in [2.24, 2.45) is 0 Å². The number of amides is 1. The van der Waals surface area contributed by atoms with Gasteiger partial charge in [0.1, 0.15) is 23.9 Å². The highest BCUT2D eigenvalue weighted by molar-refractivity contribution is 5.91. The van der Waals surface area contributed by atoms with Gasteiger partial charge in [0.2, 0.25) is 0 Å². The lowest BCUT2D eigenvalue weighted by Gasteiger charge is -2.07. The molecule has 7 heteroatoms. The number of furan rings is 1. The Morgan fingerprint density at radius 3 is 2.54 bits per heavy atom. The van der Waals surface area contributed by atoms with Crippen LogP contribution < -0.4 is 14.8 Å². The normalized spacial score (nSPS) is 10.6. The molecule has 148 valence electrons. The molecule has 0 unspecified atom stereocenters. The first-order valence-electron chi connectivity index (χ1n) is 9.36. The molecule has 0 aliphatic rings. The zero-order valence-corrected chi connectivity index (χ0v) is 16.2. The van der Waals surface area contributed by atoms with E-state index in [-0.39, 0.29) is 18.3 Å². The van der Waals surface area contributed by atoms with Gasteiger partial charge in [-0.25, -0.2) is 0 Å². The minimum atomic E-state index is -0.232.